The Morgan fingerprint density at radius 2 is 1.51 bits per heavy atom. The molecule has 15 heteroatoms. The number of aliphatic carboxylic acids is 1. The fraction of sp³-hybridized carbons (Fsp3) is 0.386. The molecule has 0 unspecified atom stereocenters. The van der Waals surface area contributed by atoms with Crippen molar-refractivity contribution in [3.8, 4) is 5.75 Å². The third kappa shape index (κ3) is 12.8. The van der Waals surface area contributed by atoms with E-state index in [4.69, 9.17) is 0 Å². The lowest BCUT2D eigenvalue weighted by atomic mass is 9.83. The number of thioether (sulfide) groups is 1. The number of ketones is 4. The molecule has 7 N–H and O–H groups in total. The number of hydrogen-bond donors (Lipinski definition) is 7. The number of phenolic OH excluding ortho intramolecular Hbond substituents is 1. The summed E-state index contributed by atoms with van der Waals surface area (Å²) in [5.41, 5.74) is -1.35. The van der Waals surface area contributed by atoms with Crippen molar-refractivity contribution in [2.45, 2.75) is 85.7 Å². The summed E-state index contributed by atoms with van der Waals surface area (Å²) < 4.78 is 0. The van der Waals surface area contributed by atoms with Gasteiger partial charge in [0.2, 0.25) is 23.4 Å². The van der Waals surface area contributed by atoms with Crippen molar-refractivity contribution in [3.05, 3.63) is 111 Å². The van der Waals surface area contributed by atoms with Gasteiger partial charge in [0.25, 0.3) is 0 Å². The number of rotatable bonds is 5. The highest BCUT2D eigenvalue weighted by molar-refractivity contribution is 8.04. The highest BCUT2D eigenvalue weighted by atomic mass is 32.2. The number of aliphatic hydroxyl groups is 3. The van der Waals surface area contributed by atoms with E-state index in [-0.39, 0.29) is 35.3 Å². The highest BCUT2D eigenvalue weighted by Gasteiger charge is 2.39. The Hall–Kier alpha value is -5.48. The van der Waals surface area contributed by atoms with Crippen molar-refractivity contribution in [1.29, 1.82) is 0 Å². The minimum absolute atomic E-state index is 0.00628. The third-order valence-corrected chi connectivity index (χ3v) is 11.0. The summed E-state index contributed by atoms with van der Waals surface area (Å²) in [5, 5.41) is 58.0. The van der Waals surface area contributed by atoms with E-state index in [2.05, 4.69) is 10.6 Å². The van der Waals surface area contributed by atoms with Crippen molar-refractivity contribution >= 4 is 52.7 Å². The van der Waals surface area contributed by atoms with Gasteiger partial charge >= 0.3 is 5.97 Å². The van der Waals surface area contributed by atoms with Crippen LogP contribution in [0.5, 0.6) is 5.75 Å². The number of phenols is 1. The molecule has 0 aromatic heterocycles. The van der Waals surface area contributed by atoms with Crippen LogP contribution in [0, 0.1) is 24.7 Å². The minimum Gasteiger partial charge on any atom is -0.507 e. The SMILES string of the molecule is CC(=O)N[C@@H](CSC1=C2NC(=O)C=C/C=C\C=C/[C@H](C)[C@@H](O)CC(=O)/C(C)=C\C[C@H](O)/C=C\[C@H](C)[C@H](O)[C@@H](C)C=C(C)C(=O)c3c(O)c(C)cc(c3C1=O)C2=O)C(=O)O. The average molecular weight is 833 g/mol. The van der Waals surface area contributed by atoms with Crippen LogP contribution < -0.4 is 10.6 Å². The normalized spacial score (nSPS) is 27.3. The molecule has 0 saturated carbocycles. The Morgan fingerprint density at radius 1 is 0.847 bits per heavy atom. The molecule has 7 atom stereocenters. The summed E-state index contributed by atoms with van der Waals surface area (Å²) in [6.45, 7) is 10.6. The van der Waals surface area contributed by atoms with Gasteiger partial charge in [-0.2, -0.15) is 0 Å². The second kappa shape index (κ2) is 21.5. The number of fused-ring (bicyclic) bond motifs is 18. The molecule has 2 amide bonds. The summed E-state index contributed by atoms with van der Waals surface area (Å²) in [7, 11) is 0. The van der Waals surface area contributed by atoms with Crippen molar-refractivity contribution < 1.29 is 59.1 Å². The standard InChI is InChI=1S/C44H52N2O12S/c1-22-12-10-8-9-11-13-34(51)46-37-41(55)30-19-27(6)40(54)36(35(30)42(56)43(37)59-21-31(44(57)58)45-28(7)47)39(53)26(5)18-25(4)38(52)24(3)15-17-29(48)16-14-23(2)33(50)20-32(22)49/h8-15,17-19,22,24-25,29,31-32,38,48-49,52,54H,16,20-21H2,1-7H3,(H,45,47)(H,46,51)(H,57,58)/b9-8-,12-10-,13-11?,17-15-,23-14-,26-18?/t22-,24-,25-,29-,31-,32-,38-/m0/s1. The zero-order valence-corrected chi connectivity index (χ0v) is 34.8. The number of carboxylic acid groups (broad SMARTS) is 1. The van der Waals surface area contributed by atoms with Gasteiger partial charge in [-0.05, 0) is 50.0 Å². The van der Waals surface area contributed by atoms with Crippen LogP contribution in [-0.4, -0.2) is 96.6 Å². The summed E-state index contributed by atoms with van der Waals surface area (Å²) in [6, 6.07) is -0.315. The lowest BCUT2D eigenvalue weighted by Gasteiger charge is -2.25. The highest BCUT2D eigenvalue weighted by Crippen LogP contribution is 2.40. The average Bonchev–Trinajstić information content (AvgIpc) is 3.17. The number of carboxylic acids is 1. The molecule has 0 fully saturated rings. The molecule has 3 aliphatic rings. The van der Waals surface area contributed by atoms with Crippen LogP contribution in [0.3, 0.4) is 0 Å². The van der Waals surface area contributed by atoms with E-state index in [9.17, 15) is 59.1 Å². The first-order valence-corrected chi connectivity index (χ1v) is 20.0. The Labute approximate surface area is 347 Å². The van der Waals surface area contributed by atoms with Crippen LogP contribution in [0.2, 0.25) is 0 Å². The fourth-order valence-electron chi connectivity index (χ4n) is 6.24. The van der Waals surface area contributed by atoms with Gasteiger partial charge in [0.1, 0.15) is 17.5 Å². The molecule has 0 radical (unpaired) electrons. The van der Waals surface area contributed by atoms with Gasteiger partial charge in [0.15, 0.2) is 11.6 Å². The molecular weight excluding hydrogens is 781 g/mol. The van der Waals surface area contributed by atoms with E-state index in [0.717, 1.165) is 13.0 Å². The van der Waals surface area contributed by atoms with Crippen molar-refractivity contribution in [3.63, 3.8) is 0 Å². The maximum absolute atomic E-state index is 14.4. The maximum Gasteiger partial charge on any atom is 0.327 e. The number of aromatic hydroxyl groups is 1. The third-order valence-electron chi connectivity index (χ3n) is 9.86. The number of amides is 2. The first kappa shape index (κ1) is 47.9. The van der Waals surface area contributed by atoms with Crippen LogP contribution in [0.4, 0.5) is 0 Å². The maximum atomic E-state index is 14.4. The van der Waals surface area contributed by atoms with Crippen LogP contribution >= 0.6 is 11.8 Å². The number of hydrogen-bond acceptors (Lipinski definition) is 12. The molecule has 14 nitrogen and oxygen atoms in total. The first-order valence-electron chi connectivity index (χ1n) is 19.0. The topological polar surface area (TPSA) is 245 Å². The van der Waals surface area contributed by atoms with Gasteiger partial charge in [-0.15, -0.1) is 11.8 Å². The van der Waals surface area contributed by atoms with Gasteiger partial charge in [0.05, 0.1) is 28.8 Å². The van der Waals surface area contributed by atoms with Crippen LogP contribution in [0.25, 0.3) is 0 Å². The van der Waals surface area contributed by atoms with E-state index >= 15 is 0 Å². The number of allylic oxidation sites excluding steroid dienone is 8. The molecule has 4 bridgehead atoms. The van der Waals surface area contributed by atoms with Crippen LogP contribution in [0.1, 0.15) is 91.0 Å². The lowest BCUT2D eigenvalue weighted by molar-refractivity contribution is -0.140. The molecule has 1 aromatic rings. The molecule has 2 heterocycles. The summed E-state index contributed by atoms with van der Waals surface area (Å²) >= 11 is 0.556. The largest absolute Gasteiger partial charge is 0.507 e. The van der Waals surface area contributed by atoms with E-state index in [1.54, 1.807) is 58.1 Å². The van der Waals surface area contributed by atoms with Crippen LogP contribution in [-0.2, 0) is 19.2 Å². The second-order valence-corrected chi connectivity index (χ2v) is 15.8. The zero-order valence-electron chi connectivity index (χ0n) is 34.0. The molecule has 0 saturated heterocycles. The number of benzene rings is 1. The van der Waals surface area contributed by atoms with Gasteiger partial charge in [-0.25, -0.2) is 4.79 Å². The second-order valence-electron chi connectivity index (χ2n) is 14.7. The molecule has 1 aliphatic carbocycles. The molecular formula is C44H52N2O12S. The number of aliphatic hydroxyl groups excluding tert-OH is 3. The number of carbonyl (C=O) groups is 7. The summed E-state index contributed by atoms with van der Waals surface area (Å²) in [5.74, 6) is -8.71. The predicted molar refractivity (Wildman–Crippen MR) is 223 cm³/mol. The Kier molecular flexibility index (Phi) is 17.5. The van der Waals surface area contributed by atoms with Crippen molar-refractivity contribution in [1.82, 2.24) is 10.6 Å². The first-order chi connectivity index (χ1) is 27.7. The van der Waals surface area contributed by atoms with E-state index in [1.807, 2.05) is 0 Å². The number of carbonyl (C=O) groups excluding carboxylic acids is 6. The van der Waals surface area contributed by atoms with E-state index in [1.165, 1.54) is 44.2 Å². The predicted octanol–water partition coefficient (Wildman–Crippen LogP) is 4.38. The number of aryl methyl sites for hydroxylation is 1. The molecule has 316 valence electrons. The van der Waals surface area contributed by atoms with Crippen molar-refractivity contribution in [2.75, 3.05) is 5.75 Å². The quantitative estimate of drug-likeness (QED) is 0.204. The summed E-state index contributed by atoms with van der Waals surface area (Å²) in [6.07, 6.45) is 11.6. The molecule has 1 aromatic carbocycles. The molecule has 59 heavy (non-hydrogen) atoms. The van der Waals surface area contributed by atoms with Crippen LogP contribution in [0.15, 0.2) is 88.6 Å². The molecule has 0 spiro atoms. The Bertz CT molecular complexity index is 2090. The van der Waals surface area contributed by atoms with Gasteiger partial charge < -0.3 is 36.2 Å². The van der Waals surface area contributed by atoms with Gasteiger partial charge in [0, 0.05) is 54.1 Å². The Balaban J connectivity index is 2.19. The zero-order chi connectivity index (χ0) is 44.3. The Morgan fingerprint density at radius 3 is 2.15 bits per heavy atom. The van der Waals surface area contributed by atoms with E-state index < -0.39 is 110 Å². The number of nitrogens with one attached hydrogen (secondary N) is 2. The van der Waals surface area contributed by atoms with Gasteiger partial charge in [-0.3, -0.25) is 28.8 Å². The lowest BCUT2D eigenvalue weighted by Crippen LogP contribution is -2.42. The number of Topliss-reactive ketones (excluding diaryl/α,β-unsaturated/α-hetero) is 4. The van der Waals surface area contributed by atoms with Gasteiger partial charge in [-0.1, -0.05) is 75.5 Å². The molecule has 4 rings (SSSR count). The fourth-order valence-corrected chi connectivity index (χ4v) is 7.32. The monoisotopic (exact) mass is 832 g/mol. The summed E-state index contributed by atoms with van der Waals surface area (Å²) in [4.78, 5) is 92.0. The minimum atomic E-state index is -1.52. The van der Waals surface area contributed by atoms with Crippen molar-refractivity contribution in [2.24, 2.45) is 17.8 Å². The van der Waals surface area contributed by atoms with E-state index in [0.29, 0.717) is 17.3 Å². The smallest absolute Gasteiger partial charge is 0.327 e. The molecule has 2 aliphatic heterocycles.